The maximum Gasteiger partial charge on any atom is 0.251 e. The van der Waals surface area contributed by atoms with Gasteiger partial charge < -0.3 is 15.6 Å². The van der Waals surface area contributed by atoms with Gasteiger partial charge >= 0.3 is 0 Å². The zero-order valence-electron chi connectivity index (χ0n) is 10.2. The summed E-state index contributed by atoms with van der Waals surface area (Å²) in [4.78, 5) is 15.9. The standard InChI is InChI=1S/C12H14N4O2/c1-7-3-9(5-11(13)15-7)12(17)14-6-10-4-8(2)18-16-10/h3-5H,6H2,1-2H3,(H2,13,15)(H,14,17). The van der Waals surface area contributed by atoms with E-state index in [4.69, 9.17) is 10.3 Å². The predicted molar refractivity (Wildman–Crippen MR) is 65.8 cm³/mol. The van der Waals surface area contributed by atoms with E-state index in [1.54, 1.807) is 26.0 Å². The highest BCUT2D eigenvalue weighted by molar-refractivity contribution is 5.94. The molecule has 0 aliphatic heterocycles. The number of nitrogens with zero attached hydrogens (tertiary/aromatic N) is 2. The molecular formula is C12H14N4O2. The number of aryl methyl sites for hydroxylation is 2. The third kappa shape index (κ3) is 2.85. The Morgan fingerprint density at radius 2 is 2.17 bits per heavy atom. The van der Waals surface area contributed by atoms with E-state index in [0.717, 1.165) is 0 Å². The number of hydrogen-bond acceptors (Lipinski definition) is 5. The summed E-state index contributed by atoms with van der Waals surface area (Å²) in [6, 6.07) is 4.99. The normalized spacial score (nSPS) is 10.3. The lowest BCUT2D eigenvalue weighted by Crippen LogP contribution is -2.23. The minimum atomic E-state index is -0.215. The minimum Gasteiger partial charge on any atom is -0.384 e. The van der Waals surface area contributed by atoms with Crippen molar-refractivity contribution in [1.82, 2.24) is 15.5 Å². The topological polar surface area (TPSA) is 94.0 Å². The van der Waals surface area contributed by atoms with Crippen molar-refractivity contribution in [3.05, 3.63) is 40.9 Å². The molecule has 2 aromatic heterocycles. The Kier molecular flexibility index (Phi) is 3.27. The monoisotopic (exact) mass is 246 g/mol. The second-order valence-electron chi connectivity index (χ2n) is 4.03. The van der Waals surface area contributed by atoms with Crippen molar-refractivity contribution in [2.45, 2.75) is 20.4 Å². The van der Waals surface area contributed by atoms with E-state index < -0.39 is 0 Å². The van der Waals surface area contributed by atoms with Crippen molar-refractivity contribution < 1.29 is 9.32 Å². The fourth-order valence-electron chi connectivity index (χ4n) is 1.60. The number of carbonyl (C=O) groups is 1. The van der Waals surface area contributed by atoms with E-state index in [1.807, 2.05) is 0 Å². The Morgan fingerprint density at radius 1 is 1.39 bits per heavy atom. The molecule has 6 nitrogen and oxygen atoms in total. The molecule has 0 radical (unpaired) electrons. The lowest BCUT2D eigenvalue weighted by atomic mass is 10.2. The molecule has 18 heavy (non-hydrogen) atoms. The van der Waals surface area contributed by atoms with E-state index in [0.29, 0.717) is 35.1 Å². The quantitative estimate of drug-likeness (QED) is 0.848. The van der Waals surface area contributed by atoms with Crippen LogP contribution in [0, 0.1) is 13.8 Å². The molecule has 0 unspecified atom stereocenters. The van der Waals surface area contributed by atoms with Crippen LogP contribution in [0.25, 0.3) is 0 Å². The zero-order valence-corrected chi connectivity index (χ0v) is 10.2. The first-order valence-corrected chi connectivity index (χ1v) is 5.49. The number of aromatic nitrogens is 2. The van der Waals surface area contributed by atoms with Gasteiger partial charge in [0.05, 0.1) is 6.54 Å². The molecule has 6 heteroatoms. The molecule has 0 aliphatic rings. The number of nitrogen functional groups attached to an aromatic ring is 1. The fourth-order valence-corrected chi connectivity index (χ4v) is 1.60. The number of hydrogen-bond donors (Lipinski definition) is 2. The molecule has 3 N–H and O–H groups in total. The first-order valence-electron chi connectivity index (χ1n) is 5.49. The number of amides is 1. The van der Waals surface area contributed by atoms with Crippen LogP contribution < -0.4 is 11.1 Å². The second kappa shape index (κ2) is 4.87. The lowest BCUT2D eigenvalue weighted by molar-refractivity contribution is 0.0950. The molecular weight excluding hydrogens is 232 g/mol. The summed E-state index contributed by atoms with van der Waals surface area (Å²) >= 11 is 0. The molecule has 0 atom stereocenters. The summed E-state index contributed by atoms with van der Waals surface area (Å²) < 4.78 is 4.91. The molecule has 0 aliphatic carbocycles. The van der Waals surface area contributed by atoms with Gasteiger partial charge in [0.1, 0.15) is 17.3 Å². The Balaban J connectivity index is 2.03. The molecule has 0 aromatic carbocycles. The Morgan fingerprint density at radius 3 is 2.78 bits per heavy atom. The first kappa shape index (κ1) is 12.1. The highest BCUT2D eigenvalue weighted by atomic mass is 16.5. The summed E-state index contributed by atoms with van der Waals surface area (Å²) in [5.41, 5.74) is 7.46. The van der Waals surface area contributed by atoms with E-state index in [9.17, 15) is 4.79 Å². The predicted octanol–water partition coefficient (Wildman–Crippen LogP) is 1.20. The number of pyridine rings is 1. The molecule has 94 valence electrons. The first-order chi connectivity index (χ1) is 8.54. The molecule has 0 fully saturated rings. The molecule has 0 spiro atoms. The SMILES string of the molecule is Cc1cc(C(=O)NCc2cc(C)on2)cc(N)n1. The van der Waals surface area contributed by atoms with Crippen molar-refractivity contribution in [3.8, 4) is 0 Å². The Bertz CT molecular complexity index is 557. The average Bonchev–Trinajstić information content (AvgIpc) is 2.70. The van der Waals surface area contributed by atoms with Crippen molar-refractivity contribution in [2.24, 2.45) is 0 Å². The van der Waals surface area contributed by atoms with Crippen LogP contribution in [0.5, 0.6) is 0 Å². The summed E-state index contributed by atoms with van der Waals surface area (Å²) in [5.74, 6) is 0.827. The van der Waals surface area contributed by atoms with Crippen LogP contribution in [0.2, 0.25) is 0 Å². The molecule has 0 saturated heterocycles. The van der Waals surface area contributed by atoms with E-state index in [2.05, 4.69) is 15.5 Å². The smallest absolute Gasteiger partial charge is 0.251 e. The van der Waals surface area contributed by atoms with Gasteiger partial charge in [0.15, 0.2) is 0 Å². The Hall–Kier alpha value is -2.37. The average molecular weight is 246 g/mol. The van der Waals surface area contributed by atoms with Gasteiger partial charge in [-0.2, -0.15) is 0 Å². The summed E-state index contributed by atoms with van der Waals surface area (Å²) in [6.45, 7) is 3.90. The van der Waals surface area contributed by atoms with Crippen LogP contribution in [-0.2, 0) is 6.54 Å². The van der Waals surface area contributed by atoms with Gasteiger partial charge in [0, 0.05) is 17.3 Å². The van der Waals surface area contributed by atoms with E-state index in [1.165, 1.54) is 6.07 Å². The van der Waals surface area contributed by atoms with Crippen LogP contribution >= 0.6 is 0 Å². The van der Waals surface area contributed by atoms with Crippen LogP contribution in [0.1, 0.15) is 27.5 Å². The highest BCUT2D eigenvalue weighted by Gasteiger charge is 2.08. The van der Waals surface area contributed by atoms with Gasteiger partial charge in [-0.25, -0.2) is 4.98 Å². The molecule has 1 amide bonds. The molecule has 2 heterocycles. The molecule has 0 saturated carbocycles. The summed E-state index contributed by atoms with van der Waals surface area (Å²) in [7, 11) is 0. The number of carbonyl (C=O) groups excluding carboxylic acids is 1. The molecule has 0 bridgehead atoms. The maximum absolute atomic E-state index is 11.9. The van der Waals surface area contributed by atoms with Crippen LogP contribution in [0.4, 0.5) is 5.82 Å². The van der Waals surface area contributed by atoms with Crippen molar-refractivity contribution in [3.63, 3.8) is 0 Å². The summed E-state index contributed by atoms with van der Waals surface area (Å²) in [5, 5.41) is 6.53. The van der Waals surface area contributed by atoms with E-state index in [-0.39, 0.29) is 5.91 Å². The maximum atomic E-state index is 11.9. The largest absolute Gasteiger partial charge is 0.384 e. The lowest BCUT2D eigenvalue weighted by Gasteiger charge is -2.04. The Labute approximate surface area is 104 Å². The van der Waals surface area contributed by atoms with Crippen molar-refractivity contribution in [1.29, 1.82) is 0 Å². The highest BCUT2D eigenvalue weighted by Crippen LogP contribution is 2.07. The molecule has 2 rings (SSSR count). The van der Waals surface area contributed by atoms with Crippen LogP contribution in [0.3, 0.4) is 0 Å². The number of rotatable bonds is 3. The van der Waals surface area contributed by atoms with Gasteiger partial charge in [-0.15, -0.1) is 0 Å². The van der Waals surface area contributed by atoms with Crippen molar-refractivity contribution in [2.75, 3.05) is 5.73 Å². The number of anilines is 1. The van der Waals surface area contributed by atoms with Gasteiger partial charge in [-0.1, -0.05) is 5.16 Å². The number of nitrogens with one attached hydrogen (secondary N) is 1. The summed E-state index contributed by atoms with van der Waals surface area (Å²) in [6.07, 6.45) is 0. The molecule has 2 aromatic rings. The second-order valence-corrected chi connectivity index (χ2v) is 4.03. The van der Waals surface area contributed by atoms with Crippen molar-refractivity contribution >= 4 is 11.7 Å². The minimum absolute atomic E-state index is 0.215. The third-order valence-corrected chi connectivity index (χ3v) is 2.34. The zero-order chi connectivity index (χ0) is 13.1. The van der Waals surface area contributed by atoms with Gasteiger partial charge in [-0.3, -0.25) is 4.79 Å². The van der Waals surface area contributed by atoms with E-state index >= 15 is 0 Å². The van der Waals surface area contributed by atoms with Gasteiger partial charge in [-0.05, 0) is 26.0 Å². The van der Waals surface area contributed by atoms with Gasteiger partial charge in [0.2, 0.25) is 0 Å². The van der Waals surface area contributed by atoms with Crippen LogP contribution in [0.15, 0.2) is 22.7 Å². The third-order valence-electron chi connectivity index (χ3n) is 2.34. The number of nitrogens with two attached hydrogens (primary N) is 1. The van der Waals surface area contributed by atoms with Gasteiger partial charge in [0.25, 0.3) is 5.91 Å². The fraction of sp³-hybridized carbons (Fsp3) is 0.250. The van der Waals surface area contributed by atoms with Crippen LogP contribution in [-0.4, -0.2) is 16.0 Å².